The van der Waals surface area contributed by atoms with E-state index in [1.54, 1.807) is 6.92 Å². The third-order valence-corrected chi connectivity index (χ3v) is 2.81. The fourth-order valence-electron chi connectivity index (χ4n) is 1.32. The summed E-state index contributed by atoms with van der Waals surface area (Å²) in [6, 6.07) is 0. The molecule has 0 radical (unpaired) electrons. The van der Waals surface area contributed by atoms with Gasteiger partial charge < -0.3 is 10.4 Å². The number of nitrogens with one attached hydrogen (secondary N) is 1. The molecular weight excluding hydrogens is 206 g/mol. The maximum atomic E-state index is 11.7. The molecule has 16 heavy (non-hydrogen) atoms. The molecule has 0 fully saturated rings. The minimum Gasteiger partial charge on any atom is -0.481 e. The molecule has 0 rings (SSSR count). The third-order valence-electron chi connectivity index (χ3n) is 2.81. The summed E-state index contributed by atoms with van der Waals surface area (Å²) in [4.78, 5) is 22.9. The number of aliphatic carboxylic acids is 1. The average Bonchev–Trinajstić information content (AvgIpc) is 1.98. The number of carboxylic acids is 1. The predicted octanol–water partition coefficient (Wildman–Crippen LogP) is 2.04. The van der Waals surface area contributed by atoms with Crippen molar-refractivity contribution in [3.05, 3.63) is 0 Å². The van der Waals surface area contributed by atoms with Gasteiger partial charge >= 0.3 is 5.97 Å². The molecule has 0 bridgehead atoms. The van der Waals surface area contributed by atoms with E-state index in [1.165, 1.54) is 0 Å². The van der Waals surface area contributed by atoms with Crippen molar-refractivity contribution in [3.63, 3.8) is 0 Å². The maximum Gasteiger partial charge on any atom is 0.310 e. The normalized spacial score (nSPS) is 15.7. The highest BCUT2D eigenvalue weighted by atomic mass is 16.4. The Hall–Kier alpha value is -1.06. The van der Waals surface area contributed by atoms with Crippen molar-refractivity contribution in [1.29, 1.82) is 0 Å². The smallest absolute Gasteiger partial charge is 0.310 e. The van der Waals surface area contributed by atoms with E-state index in [-0.39, 0.29) is 23.8 Å². The fraction of sp³-hybridized carbons (Fsp3) is 0.833. The summed E-state index contributed by atoms with van der Waals surface area (Å²) >= 11 is 0. The van der Waals surface area contributed by atoms with E-state index in [0.29, 0.717) is 0 Å². The predicted molar refractivity (Wildman–Crippen MR) is 63.1 cm³/mol. The molecule has 0 aromatic rings. The van der Waals surface area contributed by atoms with Crippen LogP contribution in [0.2, 0.25) is 0 Å². The standard InChI is InChI=1S/C12H23NO3/c1-8(2)12(6,10(15)16)7-9(14)13-11(3,4)5/h8H,7H2,1-6H3,(H,13,14)(H,15,16). The Morgan fingerprint density at radius 3 is 1.88 bits per heavy atom. The van der Waals surface area contributed by atoms with Gasteiger partial charge in [0.1, 0.15) is 0 Å². The molecule has 0 saturated heterocycles. The Kier molecular flexibility index (Phi) is 4.53. The number of carbonyl (C=O) groups is 2. The van der Waals surface area contributed by atoms with Crippen molar-refractivity contribution in [2.45, 2.75) is 53.5 Å². The molecule has 0 aliphatic heterocycles. The van der Waals surface area contributed by atoms with Crippen LogP contribution < -0.4 is 5.32 Å². The van der Waals surface area contributed by atoms with Crippen LogP contribution in [0.3, 0.4) is 0 Å². The van der Waals surface area contributed by atoms with Crippen LogP contribution in [0, 0.1) is 11.3 Å². The summed E-state index contributed by atoms with van der Waals surface area (Å²) in [6.45, 7) is 10.9. The van der Waals surface area contributed by atoms with Gasteiger partial charge in [-0.25, -0.2) is 0 Å². The van der Waals surface area contributed by atoms with E-state index in [1.807, 2.05) is 34.6 Å². The number of carboxylic acid groups (broad SMARTS) is 1. The highest BCUT2D eigenvalue weighted by Crippen LogP contribution is 2.31. The van der Waals surface area contributed by atoms with Crippen LogP contribution in [-0.2, 0) is 9.59 Å². The van der Waals surface area contributed by atoms with Gasteiger partial charge in [0.2, 0.25) is 5.91 Å². The summed E-state index contributed by atoms with van der Waals surface area (Å²) in [5, 5.41) is 12.0. The van der Waals surface area contributed by atoms with Crippen LogP contribution in [0.25, 0.3) is 0 Å². The zero-order chi connectivity index (χ0) is 13.1. The van der Waals surface area contributed by atoms with Crippen molar-refractivity contribution >= 4 is 11.9 Å². The number of carbonyl (C=O) groups excluding carboxylic acids is 1. The van der Waals surface area contributed by atoms with Crippen molar-refractivity contribution in [3.8, 4) is 0 Å². The van der Waals surface area contributed by atoms with Crippen LogP contribution in [-0.4, -0.2) is 22.5 Å². The molecule has 4 nitrogen and oxygen atoms in total. The molecule has 1 amide bonds. The molecule has 94 valence electrons. The number of hydrogen-bond donors (Lipinski definition) is 2. The summed E-state index contributed by atoms with van der Waals surface area (Å²) in [5.74, 6) is -1.23. The number of hydrogen-bond acceptors (Lipinski definition) is 2. The SMILES string of the molecule is CC(C)C(C)(CC(=O)NC(C)(C)C)C(=O)O. The van der Waals surface area contributed by atoms with E-state index in [2.05, 4.69) is 5.32 Å². The summed E-state index contributed by atoms with van der Waals surface area (Å²) in [7, 11) is 0. The first-order valence-corrected chi connectivity index (χ1v) is 5.53. The van der Waals surface area contributed by atoms with Gasteiger partial charge in [-0.1, -0.05) is 13.8 Å². The first kappa shape index (κ1) is 14.9. The van der Waals surface area contributed by atoms with Crippen molar-refractivity contribution in [2.24, 2.45) is 11.3 Å². The summed E-state index contributed by atoms with van der Waals surface area (Å²) in [6.07, 6.45) is 0.0112. The summed E-state index contributed by atoms with van der Waals surface area (Å²) in [5.41, 5.74) is -1.33. The van der Waals surface area contributed by atoms with Gasteiger partial charge in [-0.3, -0.25) is 9.59 Å². The van der Waals surface area contributed by atoms with Crippen LogP contribution in [0.15, 0.2) is 0 Å². The van der Waals surface area contributed by atoms with Crippen molar-refractivity contribution < 1.29 is 14.7 Å². The minimum absolute atomic E-state index is 0.0112. The summed E-state index contributed by atoms with van der Waals surface area (Å²) < 4.78 is 0. The van der Waals surface area contributed by atoms with E-state index < -0.39 is 11.4 Å². The van der Waals surface area contributed by atoms with E-state index in [4.69, 9.17) is 0 Å². The van der Waals surface area contributed by atoms with Crippen molar-refractivity contribution in [1.82, 2.24) is 5.32 Å². The van der Waals surface area contributed by atoms with Gasteiger partial charge in [0, 0.05) is 12.0 Å². The largest absolute Gasteiger partial charge is 0.481 e. The molecule has 4 heteroatoms. The second kappa shape index (κ2) is 4.85. The van der Waals surface area contributed by atoms with Crippen LogP contribution in [0.1, 0.15) is 48.0 Å². The molecule has 2 N–H and O–H groups in total. The van der Waals surface area contributed by atoms with E-state index in [0.717, 1.165) is 0 Å². The topological polar surface area (TPSA) is 66.4 Å². The molecule has 0 aromatic heterocycles. The number of rotatable bonds is 4. The van der Waals surface area contributed by atoms with Gasteiger partial charge in [-0.2, -0.15) is 0 Å². The molecule has 0 aromatic carbocycles. The Morgan fingerprint density at radius 1 is 1.19 bits per heavy atom. The lowest BCUT2D eigenvalue weighted by Crippen LogP contribution is -2.45. The van der Waals surface area contributed by atoms with Crippen molar-refractivity contribution in [2.75, 3.05) is 0 Å². The Labute approximate surface area is 97.4 Å². The molecular formula is C12H23NO3. The van der Waals surface area contributed by atoms with Crippen LogP contribution in [0.4, 0.5) is 0 Å². The van der Waals surface area contributed by atoms with Gasteiger partial charge in [0.15, 0.2) is 0 Å². The molecule has 0 saturated carbocycles. The molecule has 0 spiro atoms. The fourth-order valence-corrected chi connectivity index (χ4v) is 1.32. The van der Waals surface area contributed by atoms with Gasteiger partial charge in [-0.05, 0) is 33.6 Å². The maximum absolute atomic E-state index is 11.7. The van der Waals surface area contributed by atoms with Crippen LogP contribution >= 0.6 is 0 Å². The second-order valence-electron chi connectivity index (χ2n) is 5.85. The zero-order valence-corrected chi connectivity index (χ0v) is 11.0. The lowest BCUT2D eigenvalue weighted by atomic mass is 9.76. The van der Waals surface area contributed by atoms with E-state index in [9.17, 15) is 14.7 Å². The van der Waals surface area contributed by atoms with Crippen LogP contribution in [0.5, 0.6) is 0 Å². The highest BCUT2D eigenvalue weighted by molar-refractivity contribution is 5.85. The molecule has 0 heterocycles. The molecule has 1 unspecified atom stereocenters. The first-order chi connectivity index (χ1) is 6.99. The average molecular weight is 229 g/mol. The highest BCUT2D eigenvalue weighted by Gasteiger charge is 2.39. The lowest BCUT2D eigenvalue weighted by Gasteiger charge is -2.30. The Morgan fingerprint density at radius 2 is 1.62 bits per heavy atom. The monoisotopic (exact) mass is 229 g/mol. The lowest BCUT2D eigenvalue weighted by molar-refractivity contribution is -0.153. The Bertz CT molecular complexity index is 278. The second-order valence-corrected chi connectivity index (χ2v) is 5.85. The molecule has 0 aliphatic rings. The van der Waals surface area contributed by atoms with E-state index >= 15 is 0 Å². The van der Waals surface area contributed by atoms with Gasteiger partial charge in [0.05, 0.1) is 5.41 Å². The zero-order valence-electron chi connectivity index (χ0n) is 11.0. The Balaban J connectivity index is 4.68. The van der Waals surface area contributed by atoms with Gasteiger partial charge in [-0.15, -0.1) is 0 Å². The molecule has 0 aliphatic carbocycles. The van der Waals surface area contributed by atoms with Gasteiger partial charge in [0.25, 0.3) is 0 Å². The first-order valence-electron chi connectivity index (χ1n) is 5.53. The molecule has 1 atom stereocenters. The minimum atomic E-state index is -1.00. The number of amides is 1. The quantitative estimate of drug-likeness (QED) is 0.775. The third kappa shape index (κ3) is 4.21.